The second-order valence-electron chi connectivity index (χ2n) is 6.16. The van der Waals surface area contributed by atoms with Gasteiger partial charge in [0, 0.05) is 22.4 Å². The summed E-state index contributed by atoms with van der Waals surface area (Å²) < 4.78 is 5.38. The molecule has 0 saturated heterocycles. The Labute approximate surface area is 167 Å². The molecule has 0 amide bonds. The molecular weight excluding hydrogens is 379 g/mol. The highest BCUT2D eigenvalue weighted by Crippen LogP contribution is 2.31. The molecule has 0 radical (unpaired) electrons. The molecule has 0 aliphatic rings. The molecule has 0 atom stereocenters. The van der Waals surface area contributed by atoms with Crippen LogP contribution >= 0.6 is 23.2 Å². The van der Waals surface area contributed by atoms with Crippen molar-refractivity contribution in [2.75, 3.05) is 7.11 Å². The van der Waals surface area contributed by atoms with Gasteiger partial charge < -0.3 is 4.74 Å². The van der Waals surface area contributed by atoms with E-state index in [-0.39, 0.29) is 0 Å². The van der Waals surface area contributed by atoms with Crippen LogP contribution in [0.2, 0.25) is 10.0 Å². The third kappa shape index (κ3) is 3.75. The zero-order chi connectivity index (χ0) is 18.8. The van der Waals surface area contributed by atoms with Crippen molar-refractivity contribution in [1.29, 1.82) is 0 Å². The number of nitrogens with zero attached hydrogens (tertiary/aromatic N) is 2. The Morgan fingerprint density at radius 2 is 1.70 bits per heavy atom. The molecule has 0 fully saturated rings. The third-order valence-electron chi connectivity index (χ3n) is 4.37. The summed E-state index contributed by atoms with van der Waals surface area (Å²) >= 11 is 12.4. The molecule has 0 aliphatic carbocycles. The summed E-state index contributed by atoms with van der Waals surface area (Å²) in [6.07, 6.45) is 0.686. The van der Waals surface area contributed by atoms with Gasteiger partial charge in [0.15, 0.2) is 5.82 Å². The molecule has 134 valence electrons. The minimum atomic E-state index is 0.529. The zero-order valence-corrected chi connectivity index (χ0v) is 16.1. The van der Waals surface area contributed by atoms with Crippen LogP contribution in [0.1, 0.15) is 11.3 Å². The molecule has 0 spiro atoms. The Morgan fingerprint density at radius 3 is 2.44 bits per heavy atom. The predicted molar refractivity (Wildman–Crippen MR) is 111 cm³/mol. The van der Waals surface area contributed by atoms with Gasteiger partial charge in [-0.3, -0.25) is 0 Å². The normalized spacial score (nSPS) is 10.9. The standard InChI is InChI=1S/C22H16Cl2N2O/c1-27-16-8-10-20-18(13-16)21(11-14-5-3-2-4-6-14)26-22(25-20)17-9-7-15(23)12-19(17)24/h2-10,12-13H,11H2,1H3. The summed E-state index contributed by atoms with van der Waals surface area (Å²) in [5.74, 6) is 1.36. The van der Waals surface area contributed by atoms with Gasteiger partial charge in [-0.1, -0.05) is 53.5 Å². The first kappa shape index (κ1) is 17.8. The maximum atomic E-state index is 6.39. The number of rotatable bonds is 4. The molecule has 5 heteroatoms. The Morgan fingerprint density at radius 1 is 0.889 bits per heavy atom. The average Bonchev–Trinajstić information content (AvgIpc) is 2.68. The Balaban J connectivity index is 1.91. The third-order valence-corrected chi connectivity index (χ3v) is 4.92. The van der Waals surface area contributed by atoms with Gasteiger partial charge in [-0.15, -0.1) is 0 Å². The fraction of sp³-hybridized carbons (Fsp3) is 0.0909. The fourth-order valence-electron chi connectivity index (χ4n) is 3.01. The minimum Gasteiger partial charge on any atom is -0.497 e. The average molecular weight is 395 g/mol. The van der Waals surface area contributed by atoms with Crippen molar-refractivity contribution in [2.24, 2.45) is 0 Å². The van der Waals surface area contributed by atoms with Crippen LogP contribution < -0.4 is 4.74 Å². The van der Waals surface area contributed by atoms with Crippen LogP contribution in [0, 0.1) is 0 Å². The van der Waals surface area contributed by atoms with Gasteiger partial charge in [-0.2, -0.15) is 0 Å². The number of hydrogen-bond donors (Lipinski definition) is 0. The molecule has 0 saturated carbocycles. The number of fused-ring (bicyclic) bond motifs is 1. The first-order valence-electron chi connectivity index (χ1n) is 8.48. The monoisotopic (exact) mass is 394 g/mol. The molecule has 3 nitrogen and oxygen atoms in total. The van der Waals surface area contributed by atoms with Crippen molar-refractivity contribution in [3.8, 4) is 17.1 Å². The Bertz CT molecular complexity index is 1110. The molecule has 1 aromatic heterocycles. The summed E-state index contributed by atoms with van der Waals surface area (Å²) in [5, 5.41) is 2.08. The van der Waals surface area contributed by atoms with Crippen LogP contribution in [0.25, 0.3) is 22.3 Å². The van der Waals surface area contributed by atoms with E-state index in [1.807, 2.05) is 42.5 Å². The van der Waals surface area contributed by atoms with Crippen molar-refractivity contribution in [1.82, 2.24) is 9.97 Å². The number of hydrogen-bond acceptors (Lipinski definition) is 3. The first-order chi connectivity index (χ1) is 13.1. The molecule has 27 heavy (non-hydrogen) atoms. The number of benzene rings is 3. The molecule has 3 aromatic carbocycles. The van der Waals surface area contributed by atoms with E-state index in [1.54, 1.807) is 19.2 Å². The highest BCUT2D eigenvalue weighted by atomic mass is 35.5. The molecule has 0 bridgehead atoms. The summed E-state index contributed by atoms with van der Waals surface area (Å²) in [6, 6.07) is 21.4. The highest BCUT2D eigenvalue weighted by molar-refractivity contribution is 6.36. The van der Waals surface area contributed by atoms with Crippen molar-refractivity contribution >= 4 is 34.1 Å². The lowest BCUT2D eigenvalue weighted by Gasteiger charge is -2.11. The van der Waals surface area contributed by atoms with E-state index in [0.717, 1.165) is 27.9 Å². The van der Waals surface area contributed by atoms with Crippen LogP contribution in [0.5, 0.6) is 5.75 Å². The number of methoxy groups -OCH3 is 1. The molecule has 0 N–H and O–H groups in total. The van der Waals surface area contributed by atoms with Crippen molar-refractivity contribution in [3.05, 3.63) is 88.0 Å². The number of aromatic nitrogens is 2. The number of halogens is 2. The maximum Gasteiger partial charge on any atom is 0.161 e. The fourth-order valence-corrected chi connectivity index (χ4v) is 3.51. The summed E-state index contributed by atoms with van der Waals surface area (Å²) in [6.45, 7) is 0. The quantitative estimate of drug-likeness (QED) is 0.413. The van der Waals surface area contributed by atoms with E-state index in [1.165, 1.54) is 5.56 Å². The van der Waals surface area contributed by atoms with Crippen LogP contribution in [0.4, 0.5) is 0 Å². The van der Waals surface area contributed by atoms with Gasteiger partial charge in [-0.05, 0) is 42.0 Å². The molecular formula is C22H16Cl2N2O. The summed E-state index contributed by atoms with van der Waals surface area (Å²) in [4.78, 5) is 9.56. The van der Waals surface area contributed by atoms with Crippen molar-refractivity contribution in [2.45, 2.75) is 6.42 Å². The molecule has 4 rings (SSSR count). The first-order valence-corrected chi connectivity index (χ1v) is 9.23. The van der Waals surface area contributed by atoms with E-state index in [0.29, 0.717) is 22.3 Å². The van der Waals surface area contributed by atoms with E-state index in [2.05, 4.69) is 12.1 Å². The minimum absolute atomic E-state index is 0.529. The second-order valence-corrected chi connectivity index (χ2v) is 7.01. The molecule has 0 aliphatic heterocycles. The topological polar surface area (TPSA) is 35.0 Å². The summed E-state index contributed by atoms with van der Waals surface area (Å²) in [7, 11) is 1.65. The Hall–Kier alpha value is -2.62. The molecule has 1 heterocycles. The van der Waals surface area contributed by atoms with Crippen LogP contribution in [0.3, 0.4) is 0 Å². The van der Waals surface area contributed by atoms with E-state index < -0.39 is 0 Å². The zero-order valence-electron chi connectivity index (χ0n) is 14.6. The van der Waals surface area contributed by atoms with E-state index in [9.17, 15) is 0 Å². The summed E-state index contributed by atoms with van der Waals surface area (Å²) in [5.41, 5.74) is 3.70. The lowest BCUT2D eigenvalue weighted by Crippen LogP contribution is -2.00. The largest absolute Gasteiger partial charge is 0.497 e. The SMILES string of the molecule is COc1ccc2nc(-c3ccc(Cl)cc3Cl)nc(Cc3ccccc3)c2c1. The molecule has 0 unspecified atom stereocenters. The van der Waals surface area contributed by atoms with Gasteiger partial charge in [0.25, 0.3) is 0 Å². The smallest absolute Gasteiger partial charge is 0.161 e. The lowest BCUT2D eigenvalue weighted by molar-refractivity contribution is 0.415. The Kier molecular flexibility index (Phi) is 4.97. The predicted octanol–water partition coefficient (Wildman–Crippen LogP) is 6.20. The highest BCUT2D eigenvalue weighted by Gasteiger charge is 2.13. The second kappa shape index (κ2) is 7.55. The van der Waals surface area contributed by atoms with Crippen molar-refractivity contribution < 1.29 is 4.74 Å². The van der Waals surface area contributed by atoms with E-state index in [4.69, 9.17) is 37.9 Å². The van der Waals surface area contributed by atoms with E-state index >= 15 is 0 Å². The lowest BCUT2D eigenvalue weighted by atomic mass is 10.0. The van der Waals surface area contributed by atoms with Gasteiger partial charge in [-0.25, -0.2) is 9.97 Å². The van der Waals surface area contributed by atoms with Gasteiger partial charge in [0.2, 0.25) is 0 Å². The number of ether oxygens (including phenoxy) is 1. The van der Waals surface area contributed by atoms with Crippen molar-refractivity contribution in [3.63, 3.8) is 0 Å². The molecule has 4 aromatic rings. The van der Waals surface area contributed by atoms with Crippen LogP contribution in [0.15, 0.2) is 66.7 Å². The van der Waals surface area contributed by atoms with Crippen LogP contribution in [-0.2, 0) is 6.42 Å². The van der Waals surface area contributed by atoms with Gasteiger partial charge in [0.1, 0.15) is 5.75 Å². The maximum absolute atomic E-state index is 6.39. The van der Waals surface area contributed by atoms with Crippen LogP contribution in [-0.4, -0.2) is 17.1 Å². The van der Waals surface area contributed by atoms with Gasteiger partial charge >= 0.3 is 0 Å². The van der Waals surface area contributed by atoms with Gasteiger partial charge in [0.05, 0.1) is 23.3 Å².